The fraction of sp³-hybridized carbons (Fsp3) is 0.733. The SMILES string of the molecule is CCCC(O)CNC(=O)NCCCc1c(C)nn(C)c1C. The zero-order valence-corrected chi connectivity index (χ0v) is 13.6. The molecule has 0 aliphatic carbocycles. The first-order valence-electron chi connectivity index (χ1n) is 7.64. The number of amides is 2. The minimum absolute atomic E-state index is 0.218. The van der Waals surface area contributed by atoms with E-state index < -0.39 is 6.10 Å². The Balaban J connectivity index is 2.20. The van der Waals surface area contributed by atoms with E-state index in [1.165, 1.54) is 11.3 Å². The number of hydrogen-bond acceptors (Lipinski definition) is 3. The molecule has 0 fully saturated rings. The lowest BCUT2D eigenvalue weighted by molar-refractivity contribution is 0.160. The molecule has 120 valence electrons. The number of aromatic nitrogens is 2. The molecule has 3 N–H and O–H groups in total. The lowest BCUT2D eigenvalue weighted by atomic mass is 10.1. The molecular weight excluding hydrogens is 268 g/mol. The molecule has 0 bridgehead atoms. The van der Waals surface area contributed by atoms with Crippen molar-refractivity contribution >= 4 is 6.03 Å². The first-order chi connectivity index (χ1) is 9.95. The molecule has 1 rings (SSSR count). The topological polar surface area (TPSA) is 79.2 Å². The highest BCUT2D eigenvalue weighted by molar-refractivity contribution is 5.73. The van der Waals surface area contributed by atoms with Gasteiger partial charge in [0, 0.05) is 25.8 Å². The van der Waals surface area contributed by atoms with Crippen molar-refractivity contribution in [1.82, 2.24) is 20.4 Å². The quantitative estimate of drug-likeness (QED) is 0.635. The van der Waals surface area contributed by atoms with E-state index in [0.717, 1.165) is 25.0 Å². The maximum absolute atomic E-state index is 11.6. The van der Waals surface area contributed by atoms with E-state index in [1.807, 2.05) is 25.6 Å². The van der Waals surface area contributed by atoms with Crippen molar-refractivity contribution in [1.29, 1.82) is 0 Å². The number of rotatable bonds is 8. The van der Waals surface area contributed by atoms with Gasteiger partial charge in [0.05, 0.1) is 11.8 Å². The predicted octanol–water partition coefficient (Wildman–Crippen LogP) is 1.43. The van der Waals surface area contributed by atoms with Gasteiger partial charge < -0.3 is 15.7 Å². The molecule has 6 heteroatoms. The van der Waals surface area contributed by atoms with E-state index in [0.29, 0.717) is 19.5 Å². The summed E-state index contributed by atoms with van der Waals surface area (Å²) in [6.07, 6.45) is 2.94. The van der Waals surface area contributed by atoms with Gasteiger partial charge in [-0.05, 0) is 38.7 Å². The maximum Gasteiger partial charge on any atom is 0.314 e. The smallest absolute Gasteiger partial charge is 0.314 e. The summed E-state index contributed by atoms with van der Waals surface area (Å²) in [5, 5.41) is 19.4. The van der Waals surface area contributed by atoms with Gasteiger partial charge in [-0.3, -0.25) is 4.68 Å². The third-order valence-electron chi connectivity index (χ3n) is 3.67. The van der Waals surface area contributed by atoms with Gasteiger partial charge in [0.15, 0.2) is 0 Å². The van der Waals surface area contributed by atoms with Crippen LogP contribution in [-0.4, -0.2) is 40.1 Å². The van der Waals surface area contributed by atoms with Crippen LogP contribution in [-0.2, 0) is 13.5 Å². The molecule has 1 unspecified atom stereocenters. The Kier molecular flexibility index (Phi) is 7.22. The molecule has 0 aliphatic heterocycles. The molecular formula is C15H28N4O2. The standard InChI is InChI=1S/C15H28N4O2/c1-5-7-13(20)10-17-15(21)16-9-6-8-14-11(2)18-19(4)12(14)3/h13,20H,5-10H2,1-4H3,(H2,16,17,21). The zero-order chi connectivity index (χ0) is 15.8. The van der Waals surface area contributed by atoms with Gasteiger partial charge >= 0.3 is 6.03 Å². The Morgan fingerprint density at radius 1 is 1.38 bits per heavy atom. The lowest BCUT2D eigenvalue weighted by Crippen LogP contribution is -2.40. The highest BCUT2D eigenvalue weighted by Crippen LogP contribution is 2.13. The van der Waals surface area contributed by atoms with Crippen LogP contribution in [0.5, 0.6) is 0 Å². The second kappa shape index (κ2) is 8.67. The van der Waals surface area contributed by atoms with Crippen molar-refractivity contribution in [3.63, 3.8) is 0 Å². The van der Waals surface area contributed by atoms with E-state index >= 15 is 0 Å². The van der Waals surface area contributed by atoms with Gasteiger partial charge in [0.25, 0.3) is 0 Å². The van der Waals surface area contributed by atoms with E-state index in [4.69, 9.17) is 0 Å². The van der Waals surface area contributed by atoms with Gasteiger partial charge in [-0.2, -0.15) is 5.10 Å². The molecule has 1 heterocycles. The van der Waals surface area contributed by atoms with Crippen molar-refractivity contribution in [2.45, 2.75) is 52.6 Å². The summed E-state index contributed by atoms with van der Waals surface area (Å²) in [5.74, 6) is 0. The van der Waals surface area contributed by atoms with Crippen LogP contribution in [0.1, 0.15) is 43.1 Å². The van der Waals surface area contributed by atoms with E-state index in [2.05, 4.69) is 22.7 Å². The average Bonchev–Trinajstić information content (AvgIpc) is 2.67. The van der Waals surface area contributed by atoms with E-state index in [1.54, 1.807) is 0 Å². The van der Waals surface area contributed by atoms with E-state index in [9.17, 15) is 9.90 Å². The number of aryl methyl sites for hydroxylation is 2. The van der Waals surface area contributed by atoms with E-state index in [-0.39, 0.29) is 6.03 Å². The molecule has 0 saturated carbocycles. The summed E-state index contributed by atoms with van der Waals surface area (Å²) in [5.41, 5.74) is 3.50. The lowest BCUT2D eigenvalue weighted by Gasteiger charge is -2.11. The highest BCUT2D eigenvalue weighted by Gasteiger charge is 2.09. The van der Waals surface area contributed by atoms with Crippen LogP contribution in [0.15, 0.2) is 0 Å². The molecule has 2 amide bonds. The third kappa shape index (κ3) is 5.75. The Morgan fingerprint density at radius 2 is 2.10 bits per heavy atom. The zero-order valence-electron chi connectivity index (χ0n) is 13.6. The molecule has 21 heavy (non-hydrogen) atoms. The summed E-state index contributed by atoms with van der Waals surface area (Å²) in [7, 11) is 1.94. The second-order valence-electron chi connectivity index (χ2n) is 5.46. The van der Waals surface area contributed by atoms with Gasteiger partial charge in [-0.25, -0.2) is 4.79 Å². The number of carbonyl (C=O) groups is 1. The Bertz CT molecular complexity index is 457. The van der Waals surface area contributed by atoms with Crippen LogP contribution in [0.4, 0.5) is 4.79 Å². The molecule has 1 aromatic rings. The molecule has 0 aliphatic rings. The Morgan fingerprint density at radius 3 is 2.67 bits per heavy atom. The van der Waals surface area contributed by atoms with Gasteiger partial charge in [-0.1, -0.05) is 13.3 Å². The fourth-order valence-electron chi connectivity index (χ4n) is 2.35. The largest absolute Gasteiger partial charge is 0.391 e. The first-order valence-corrected chi connectivity index (χ1v) is 7.64. The number of nitrogens with zero attached hydrogens (tertiary/aromatic N) is 2. The molecule has 1 atom stereocenters. The van der Waals surface area contributed by atoms with Crippen LogP contribution in [0, 0.1) is 13.8 Å². The summed E-state index contributed by atoms with van der Waals surface area (Å²) >= 11 is 0. The van der Waals surface area contributed by atoms with Crippen molar-refractivity contribution in [2.75, 3.05) is 13.1 Å². The third-order valence-corrected chi connectivity index (χ3v) is 3.67. The van der Waals surface area contributed by atoms with Gasteiger partial charge in [0.2, 0.25) is 0 Å². The number of urea groups is 1. The monoisotopic (exact) mass is 296 g/mol. The van der Waals surface area contributed by atoms with Crippen molar-refractivity contribution < 1.29 is 9.90 Å². The molecule has 1 aromatic heterocycles. The van der Waals surface area contributed by atoms with Crippen molar-refractivity contribution in [3.8, 4) is 0 Å². The molecule has 0 spiro atoms. The second-order valence-corrected chi connectivity index (χ2v) is 5.46. The van der Waals surface area contributed by atoms with Crippen LogP contribution in [0.25, 0.3) is 0 Å². The first kappa shape index (κ1) is 17.5. The van der Waals surface area contributed by atoms with Crippen LogP contribution in [0.3, 0.4) is 0 Å². The summed E-state index contributed by atoms with van der Waals surface area (Å²) in [6, 6.07) is -0.218. The minimum atomic E-state index is -0.457. The van der Waals surface area contributed by atoms with Gasteiger partial charge in [-0.15, -0.1) is 0 Å². The molecule has 0 aromatic carbocycles. The Hall–Kier alpha value is -1.56. The number of aliphatic hydroxyl groups excluding tert-OH is 1. The minimum Gasteiger partial charge on any atom is -0.391 e. The average molecular weight is 296 g/mol. The normalized spacial score (nSPS) is 12.2. The molecule has 6 nitrogen and oxygen atoms in total. The molecule has 0 saturated heterocycles. The summed E-state index contributed by atoms with van der Waals surface area (Å²) in [4.78, 5) is 11.6. The summed E-state index contributed by atoms with van der Waals surface area (Å²) < 4.78 is 1.89. The van der Waals surface area contributed by atoms with Crippen molar-refractivity contribution in [2.24, 2.45) is 7.05 Å². The maximum atomic E-state index is 11.6. The van der Waals surface area contributed by atoms with Crippen LogP contribution < -0.4 is 10.6 Å². The Labute approximate surface area is 126 Å². The summed E-state index contributed by atoms with van der Waals surface area (Å²) in [6.45, 7) is 7.00. The highest BCUT2D eigenvalue weighted by atomic mass is 16.3. The van der Waals surface area contributed by atoms with Crippen LogP contribution >= 0.6 is 0 Å². The number of carbonyl (C=O) groups excluding carboxylic acids is 1. The van der Waals surface area contributed by atoms with Crippen molar-refractivity contribution in [3.05, 3.63) is 17.0 Å². The predicted molar refractivity (Wildman–Crippen MR) is 83.3 cm³/mol. The number of hydrogen-bond donors (Lipinski definition) is 3. The number of nitrogens with one attached hydrogen (secondary N) is 2. The molecule has 0 radical (unpaired) electrons. The van der Waals surface area contributed by atoms with Gasteiger partial charge in [0.1, 0.15) is 0 Å². The fourth-order valence-corrected chi connectivity index (χ4v) is 2.35. The number of aliphatic hydroxyl groups is 1. The van der Waals surface area contributed by atoms with Crippen LogP contribution in [0.2, 0.25) is 0 Å².